The molecule has 146 valence electrons. The Morgan fingerprint density at radius 1 is 0.933 bits per heavy atom. The summed E-state index contributed by atoms with van der Waals surface area (Å²) >= 11 is 3.55. The molecule has 0 spiro atoms. The van der Waals surface area contributed by atoms with Crippen molar-refractivity contribution in [1.82, 2.24) is 4.98 Å². The lowest BCUT2D eigenvalue weighted by atomic mass is 10.0. The number of nitrogens with one attached hydrogen (secondary N) is 1. The molecular formula is C25H17BrN2O2. The average Bonchev–Trinajstić information content (AvgIpc) is 3.17. The van der Waals surface area contributed by atoms with Gasteiger partial charge in [-0.05, 0) is 71.8 Å². The van der Waals surface area contributed by atoms with E-state index in [2.05, 4.69) is 26.2 Å². The highest BCUT2D eigenvalue weighted by Crippen LogP contribution is 2.28. The number of nitrogens with zero attached hydrogens (tertiary/aromatic N) is 1. The Bertz CT molecular complexity index is 1400. The number of amides is 1. The maximum absolute atomic E-state index is 12.9. The lowest BCUT2D eigenvalue weighted by Gasteiger charge is -2.09. The number of fused-ring (bicyclic) bond motifs is 2. The third-order valence-electron chi connectivity index (χ3n) is 5.05. The van der Waals surface area contributed by atoms with E-state index in [9.17, 15) is 4.79 Å². The summed E-state index contributed by atoms with van der Waals surface area (Å²) in [7, 11) is 0. The summed E-state index contributed by atoms with van der Waals surface area (Å²) in [5.74, 6) is 0.413. The molecule has 1 N–H and O–H groups in total. The average molecular weight is 457 g/mol. The minimum Gasteiger partial charge on any atom is -0.436 e. The molecule has 5 rings (SSSR count). The van der Waals surface area contributed by atoms with E-state index < -0.39 is 0 Å². The summed E-state index contributed by atoms with van der Waals surface area (Å²) in [5, 5.41) is 4.89. The predicted molar refractivity (Wildman–Crippen MR) is 124 cm³/mol. The molecule has 0 saturated carbocycles. The second kappa shape index (κ2) is 7.43. The van der Waals surface area contributed by atoms with Crippen LogP contribution in [0.2, 0.25) is 0 Å². The van der Waals surface area contributed by atoms with Gasteiger partial charge >= 0.3 is 0 Å². The van der Waals surface area contributed by atoms with E-state index >= 15 is 0 Å². The van der Waals surface area contributed by atoms with E-state index in [1.165, 1.54) is 0 Å². The second-order valence-corrected chi connectivity index (χ2v) is 8.02. The van der Waals surface area contributed by atoms with E-state index in [0.717, 1.165) is 37.5 Å². The number of benzene rings is 4. The molecule has 1 amide bonds. The number of carbonyl (C=O) groups excluding carboxylic acids is 1. The van der Waals surface area contributed by atoms with Crippen molar-refractivity contribution in [3.63, 3.8) is 0 Å². The van der Waals surface area contributed by atoms with Crippen LogP contribution in [0.5, 0.6) is 0 Å². The van der Waals surface area contributed by atoms with Crippen LogP contribution in [0.4, 0.5) is 5.69 Å². The van der Waals surface area contributed by atoms with E-state index in [0.29, 0.717) is 17.1 Å². The van der Waals surface area contributed by atoms with Gasteiger partial charge < -0.3 is 9.73 Å². The maximum Gasteiger partial charge on any atom is 0.256 e. The van der Waals surface area contributed by atoms with Crippen molar-refractivity contribution in [1.29, 1.82) is 0 Å². The van der Waals surface area contributed by atoms with Crippen LogP contribution < -0.4 is 5.32 Å². The summed E-state index contributed by atoms with van der Waals surface area (Å²) in [6.45, 7) is 2.03. The van der Waals surface area contributed by atoms with Crippen molar-refractivity contribution in [2.45, 2.75) is 6.92 Å². The summed E-state index contributed by atoms with van der Waals surface area (Å²) in [6, 6.07) is 25.0. The van der Waals surface area contributed by atoms with Gasteiger partial charge in [0.25, 0.3) is 5.91 Å². The fraction of sp³-hybridized carbons (Fsp3) is 0.0400. The topological polar surface area (TPSA) is 55.1 Å². The van der Waals surface area contributed by atoms with Gasteiger partial charge in [0.1, 0.15) is 5.52 Å². The number of hydrogen-bond donors (Lipinski definition) is 1. The molecule has 0 bridgehead atoms. The van der Waals surface area contributed by atoms with Gasteiger partial charge in [0, 0.05) is 21.3 Å². The summed E-state index contributed by atoms with van der Waals surface area (Å²) < 4.78 is 6.82. The lowest BCUT2D eigenvalue weighted by molar-refractivity contribution is 0.102. The zero-order chi connectivity index (χ0) is 20.7. The molecule has 0 unspecified atom stereocenters. The Balaban J connectivity index is 1.41. The minimum atomic E-state index is -0.149. The zero-order valence-corrected chi connectivity index (χ0v) is 17.7. The van der Waals surface area contributed by atoms with Gasteiger partial charge in [-0.1, -0.05) is 46.3 Å². The number of aromatic nitrogens is 1. The van der Waals surface area contributed by atoms with Crippen LogP contribution >= 0.6 is 15.9 Å². The standard InChI is InChI=1S/C25H17BrN2O2/c1-15-8-13-23-22(14-15)28-25(30-23)16-9-11-17(12-10-16)27-24(29)20-6-2-5-19-18(20)4-3-7-21(19)26/h2-14H,1H3,(H,27,29). The minimum absolute atomic E-state index is 0.149. The third-order valence-corrected chi connectivity index (χ3v) is 5.74. The molecule has 0 aliphatic heterocycles. The first-order chi connectivity index (χ1) is 14.6. The Morgan fingerprint density at radius 2 is 1.70 bits per heavy atom. The van der Waals surface area contributed by atoms with Crippen molar-refractivity contribution < 1.29 is 9.21 Å². The smallest absolute Gasteiger partial charge is 0.256 e. The van der Waals surface area contributed by atoms with Crippen LogP contribution in [-0.4, -0.2) is 10.9 Å². The van der Waals surface area contributed by atoms with Gasteiger partial charge in [-0.15, -0.1) is 0 Å². The highest BCUT2D eigenvalue weighted by molar-refractivity contribution is 9.10. The van der Waals surface area contributed by atoms with Crippen LogP contribution in [0, 0.1) is 6.92 Å². The van der Waals surface area contributed by atoms with Crippen LogP contribution in [-0.2, 0) is 0 Å². The van der Waals surface area contributed by atoms with Gasteiger partial charge in [0.05, 0.1) is 0 Å². The number of anilines is 1. The van der Waals surface area contributed by atoms with E-state index in [1.807, 2.05) is 85.8 Å². The Hall–Kier alpha value is -3.44. The number of aryl methyl sites for hydroxylation is 1. The SMILES string of the molecule is Cc1ccc2oc(-c3ccc(NC(=O)c4cccc5c(Br)cccc45)cc3)nc2c1. The molecule has 0 atom stereocenters. The first-order valence-corrected chi connectivity index (χ1v) is 10.3. The molecule has 30 heavy (non-hydrogen) atoms. The fourth-order valence-corrected chi connectivity index (χ4v) is 4.02. The van der Waals surface area contributed by atoms with Gasteiger partial charge in [-0.25, -0.2) is 4.98 Å². The second-order valence-electron chi connectivity index (χ2n) is 7.16. The highest BCUT2D eigenvalue weighted by atomic mass is 79.9. The zero-order valence-electron chi connectivity index (χ0n) is 16.1. The number of halogens is 1. The third kappa shape index (κ3) is 3.37. The van der Waals surface area contributed by atoms with Crippen molar-refractivity contribution in [3.05, 3.63) is 94.5 Å². The molecular weight excluding hydrogens is 440 g/mol. The Morgan fingerprint density at radius 3 is 2.53 bits per heavy atom. The molecule has 5 heteroatoms. The number of rotatable bonds is 3. The van der Waals surface area contributed by atoms with Crippen LogP contribution in [0.1, 0.15) is 15.9 Å². The predicted octanol–water partition coefficient (Wildman–Crippen LogP) is 6.97. The van der Waals surface area contributed by atoms with Crippen molar-refractivity contribution in [3.8, 4) is 11.5 Å². The van der Waals surface area contributed by atoms with E-state index in [1.54, 1.807) is 0 Å². The molecule has 5 aromatic rings. The molecule has 0 fully saturated rings. The van der Waals surface area contributed by atoms with Gasteiger partial charge in [0.15, 0.2) is 5.58 Å². The molecule has 1 aromatic heterocycles. The summed E-state index contributed by atoms with van der Waals surface area (Å²) in [4.78, 5) is 17.5. The first kappa shape index (κ1) is 18.6. The molecule has 4 nitrogen and oxygen atoms in total. The van der Waals surface area contributed by atoms with Gasteiger partial charge in [-0.2, -0.15) is 0 Å². The largest absolute Gasteiger partial charge is 0.436 e. The molecule has 0 saturated heterocycles. The molecule has 1 heterocycles. The van der Waals surface area contributed by atoms with Crippen LogP contribution in [0.3, 0.4) is 0 Å². The Labute approximate surface area is 181 Å². The van der Waals surface area contributed by atoms with Crippen LogP contribution in [0.25, 0.3) is 33.3 Å². The molecule has 0 aliphatic carbocycles. The number of oxazole rings is 1. The first-order valence-electron chi connectivity index (χ1n) is 9.55. The summed E-state index contributed by atoms with van der Waals surface area (Å²) in [6.07, 6.45) is 0. The number of carbonyl (C=O) groups is 1. The Kier molecular flexibility index (Phi) is 4.60. The van der Waals surface area contributed by atoms with Crippen LogP contribution in [0.15, 0.2) is 87.8 Å². The molecule has 0 aliphatic rings. The van der Waals surface area contributed by atoms with Crippen molar-refractivity contribution in [2.24, 2.45) is 0 Å². The highest BCUT2D eigenvalue weighted by Gasteiger charge is 2.12. The van der Waals surface area contributed by atoms with Gasteiger partial charge in [-0.3, -0.25) is 4.79 Å². The monoisotopic (exact) mass is 456 g/mol. The van der Waals surface area contributed by atoms with E-state index in [4.69, 9.17) is 4.42 Å². The molecule has 0 radical (unpaired) electrons. The van der Waals surface area contributed by atoms with Crippen molar-refractivity contribution in [2.75, 3.05) is 5.32 Å². The lowest BCUT2D eigenvalue weighted by Crippen LogP contribution is -2.12. The van der Waals surface area contributed by atoms with Crippen molar-refractivity contribution >= 4 is 49.4 Å². The quantitative estimate of drug-likeness (QED) is 0.318. The fourth-order valence-electron chi connectivity index (χ4n) is 3.53. The maximum atomic E-state index is 12.9. The summed E-state index contributed by atoms with van der Waals surface area (Å²) in [5.41, 5.74) is 4.94. The molecule has 4 aromatic carbocycles. The van der Waals surface area contributed by atoms with E-state index in [-0.39, 0.29) is 5.91 Å². The number of hydrogen-bond acceptors (Lipinski definition) is 3. The normalized spacial score (nSPS) is 11.1. The van der Waals surface area contributed by atoms with Gasteiger partial charge in [0.2, 0.25) is 5.89 Å².